The van der Waals surface area contributed by atoms with Gasteiger partial charge in [-0.25, -0.2) is 4.98 Å². The van der Waals surface area contributed by atoms with Crippen LogP contribution in [-0.2, 0) is 33.6 Å². The van der Waals surface area contributed by atoms with Crippen LogP contribution >= 0.6 is 23.1 Å². The number of ether oxygens (including phenoxy) is 1. The summed E-state index contributed by atoms with van der Waals surface area (Å²) in [7, 11) is 1.22. The van der Waals surface area contributed by atoms with Crippen LogP contribution in [0, 0.1) is 0 Å². The van der Waals surface area contributed by atoms with Crippen LogP contribution in [0.15, 0.2) is 45.8 Å². The topological polar surface area (TPSA) is 186 Å². The summed E-state index contributed by atoms with van der Waals surface area (Å²) in [6.45, 7) is -0.423. The van der Waals surface area contributed by atoms with Gasteiger partial charge in [-0.05, 0) is 12.1 Å². The number of hydrogen-bond donors (Lipinski definition) is 2. The van der Waals surface area contributed by atoms with Crippen molar-refractivity contribution in [2.24, 2.45) is 5.16 Å². The number of aromatic nitrogens is 1. The van der Waals surface area contributed by atoms with Crippen LogP contribution in [0.1, 0.15) is 12.1 Å². The van der Waals surface area contributed by atoms with E-state index < -0.39 is 53.8 Å². The van der Waals surface area contributed by atoms with E-state index in [2.05, 4.69) is 20.3 Å². The first-order chi connectivity index (χ1) is 16.7. The van der Waals surface area contributed by atoms with E-state index in [-0.39, 0.29) is 46.1 Å². The summed E-state index contributed by atoms with van der Waals surface area (Å²) in [6, 6.07) is 7.49. The molecule has 0 saturated carbocycles. The number of carboxylic acid groups (broad SMARTS) is 1. The third-order valence-corrected chi connectivity index (χ3v) is 6.86. The zero-order valence-corrected chi connectivity index (χ0v) is 22.7. The summed E-state index contributed by atoms with van der Waals surface area (Å²) >= 11 is 2.15. The predicted molar refractivity (Wildman–Crippen MR) is 119 cm³/mol. The fourth-order valence-corrected chi connectivity index (χ4v) is 5.07. The van der Waals surface area contributed by atoms with Gasteiger partial charge in [-0.2, -0.15) is 5.06 Å². The fraction of sp³-hybridized carbons (Fsp3) is 0.300. The van der Waals surface area contributed by atoms with Gasteiger partial charge in [0.15, 0.2) is 10.8 Å². The van der Waals surface area contributed by atoms with E-state index in [0.29, 0.717) is 9.96 Å². The van der Waals surface area contributed by atoms with Gasteiger partial charge in [0, 0.05) is 16.7 Å². The van der Waals surface area contributed by atoms with E-state index in [1.54, 1.807) is 30.3 Å². The third kappa shape index (κ3) is 5.50. The Kier molecular flexibility index (Phi) is 8.97. The molecule has 0 radical (unpaired) electrons. The van der Waals surface area contributed by atoms with Gasteiger partial charge in [-0.15, -0.1) is 23.1 Å². The number of hydrogen-bond acceptors (Lipinski definition) is 13. The van der Waals surface area contributed by atoms with Gasteiger partial charge in [-0.1, -0.05) is 23.4 Å². The summed E-state index contributed by atoms with van der Waals surface area (Å²) in [4.78, 5) is 65.0. The van der Waals surface area contributed by atoms with E-state index in [1.807, 2.05) is 0 Å². The molecule has 2 aromatic rings. The van der Waals surface area contributed by atoms with Crippen LogP contribution in [0.5, 0.6) is 0 Å². The smallest absolute Gasteiger partial charge is 0.544 e. The van der Waals surface area contributed by atoms with Gasteiger partial charge in [0.1, 0.15) is 36.7 Å². The minimum Gasteiger partial charge on any atom is -0.544 e. The molecule has 2 unspecified atom stereocenters. The van der Waals surface area contributed by atoms with Gasteiger partial charge in [-0.3, -0.25) is 19.2 Å². The van der Waals surface area contributed by atoms with E-state index in [4.69, 9.17) is 15.3 Å². The average molecular weight is 544 g/mol. The largest absolute Gasteiger partial charge is 1.00 e. The Morgan fingerprint density at radius 2 is 2.08 bits per heavy atom. The quantitative estimate of drug-likeness (QED) is 0.143. The predicted octanol–water partition coefficient (Wildman–Crippen LogP) is -4.11. The Bertz CT molecular complexity index is 1200. The van der Waals surface area contributed by atoms with Gasteiger partial charge < -0.3 is 30.5 Å². The molecule has 0 bridgehead atoms. The van der Waals surface area contributed by atoms with E-state index in [0.717, 1.165) is 23.1 Å². The first-order valence-electron chi connectivity index (χ1n) is 10.0. The second-order valence-electron chi connectivity index (χ2n) is 7.26. The third-order valence-electron chi connectivity index (χ3n) is 5.00. The number of oxime groups is 1. The Hall–Kier alpha value is -2.69. The molecule has 2 aliphatic rings. The molecular formula is C20H18N5NaO8S2. The van der Waals surface area contributed by atoms with Crippen molar-refractivity contribution in [1.29, 1.82) is 0 Å². The number of aliphatic carboxylic acids is 1. The zero-order chi connectivity index (χ0) is 25.2. The molecule has 13 nitrogen and oxygen atoms in total. The molecular weight excluding hydrogens is 525 g/mol. The number of nitrogens with zero attached hydrogens (tertiary/aromatic N) is 3. The number of nitrogens with one attached hydrogen (secondary N) is 1. The number of thioether (sulfide) groups is 1. The second kappa shape index (κ2) is 11.6. The van der Waals surface area contributed by atoms with Crippen LogP contribution in [-0.4, -0.2) is 70.2 Å². The molecule has 4 rings (SSSR count). The van der Waals surface area contributed by atoms with Crippen LogP contribution in [0.4, 0.5) is 5.13 Å². The number of esters is 1. The van der Waals surface area contributed by atoms with Crippen molar-refractivity contribution in [3.05, 3.63) is 41.4 Å². The molecule has 2 aliphatic heterocycles. The monoisotopic (exact) mass is 543 g/mol. The van der Waals surface area contributed by atoms with Gasteiger partial charge in [0.2, 0.25) is 0 Å². The molecule has 2 fully saturated rings. The molecule has 36 heavy (non-hydrogen) atoms. The molecule has 1 aromatic heterocycles. The number of carboxylic acids is 1. The van der Waals surface area contributed by atoms with Gasteiger partial charge in [0.05, 0.1) is 0 Å². The van der Waals surface area contributed by atoms with Crippen molar-refractivity contribution in [1.82, 2.24) is 15.4 Å². The Labute approximate surface area is 234 Å². The second-order valence-corrected chi connectivity index (χ2v) is 9.43. The zero-order valence-electron chi connectivity index (χ0n) is 19.0. The SMILES string of the molecule is CON=C(C(=O)N[C@H]1CON(C2(C(=O)[O-])CC(Sc3ccccc3)C(=O)O2)C1=O)c1csc(N)n1.[Na+]. The summed E-state index contributed by atoms with van der Waals surface area (Å²) in [5.41, 5.74) is 2.96. The first kappa shape index (κ1) is 27.9. The molecule has 3 atom stereocenters. The molecule has 2 saturated heterocycles. The summed E-state index contributed by atoms with van der Waals surface area (Å²) in [5, 5.41) is 19.3. The normalized spacial score (nSPS) is 23.7. The van der Waals surface area contributed by atoms with Crippen molar-refractivity contribution in [3.63, 3.8) is 0 Å². The van der Waals surface area contributed by atoms with Crippen molar-refractivity contribution in [2.75, 3.05) is 19.5 Å². The molecule has 184 valence electrons. The van der Waals surface area contributed by atoms with Crippen LogP contribution < -0.4 is 45.7 Å². The number of nitrogen functional groups attached to an aromatic ring is 1. The van der Waals surface area contributed by atoms with Crippen molar-refractivity contribution in [2.45, 2.75) is 28.3 Å². The van der Waals surface area contributed by atoms with Crippen LogP contribution in [0.2, 0.25) is 0 Å². The maximum absolute atomic E-state index is 13.0. The number of rotatable bonds is 8. The number of carbonyl (C=O) groups is 4. The number of nitrogens with two attached hydrogens (primary N) is 1. The molecule has 0 spiro atoms. The summed E-state index contributed by atoms with van der Waals surface area (Å²) in [5.74, 6) is -4.47. The number of cyclic esters (lactones) is 1. The van der Waals surface area contributed by atoms with E-state index in [1.165, 1.54) is 12.5 Å². The fourth-order valence-electron chi connectivity index (χ4n) is 3.42. The van der Waals surface area contributed by atoms with E-state index >= 15 is 0 Å². The maximum atomic E-state index is 13.0. The number of amides is 2. The molecule has 1 aromatic carbocycles. The molecule has 2 amide bonds. The molecule has 0 aliphatic carbocycles. The molecule has 16 heteroatoms. The number of benzene rings is 1. The number of thiazole rings is 1. The Morgan fingerprint density at radius 3 is 2.69 bits per heavy atom. The molecule has 3 N–H and O–H groups in total. The van der Waals surface area contributed by atoms with E-state index in [9.17, 15) is 24.3 Å². The van der Waals surface area contributed by atoms with Gasteiger partial charge >= 0.3 is 35.5 Å². The standard InChI is InChI=1S/C20H19N5O8S2.Na/c1-31-24-14(12-9-34-19(21)23-12)15(26)22-11-8-32-25(16(11)27)20(18(29)30)7-13(17(28)33-20)35-10-5-3-2-4-6-10;/h2-6,9,11,13H,7-8H2,1H3,(H2,21,23)(H,22,26)(H,29,30);/q;+1/p-1/t11-,13?,20?;/m0./s1. The maximum Gasteiger partial charge on any atom is 1.00 e. The average Bonchev–Trinajstić information content (AvgIpc) is 3.51. The van der Waals surface area contributed by atoms with Crippen molar-refractivity contribution in [3.8, 4) is 0 Å². The van der Waals surface area contributed by atoms with Crippen LogP contribution in [0.25, 0.3) is 0 Å². The summed E-state index contributed by atoms with van der Waals surface area (Å²) < 4.78 is 5.14. The first-order valence-corrected chi connectivity index (χ1v) is 11.8. The minimum atomic E-state index is -2.49. The van der Waals surface area contributed by atoms with Crippen LogP contribution in [0.3, 0.4) is 0 Å². The van der Waals surface area contributed by atoms with Gasteiger partial charge in [0.25, 0.3) is 17.5 Å². The Balaban J connectivity index is 0.00000361. The van der Waals surface area contributed by atoms with Crippen molar-refractivity contribution >= 4 is 57.7 Å². The number of anilines is 1. The Morgan fingerprint density at radius 1 is 1.36 bits per heavy atom. The minimum absolute atomic E-state index is 0. The van der Waals surface area contributed by atoms with Crippen molar-refractivity contribution < 1.29 is 68.3 Å². The summed E-state index contributed by atoms with van der Waals surface area (Å²) in [6.07, 6.45) is -0.422. The number of carbonyl (C=O) groups excluding carboxylic acids is 4. The number of hydroxylamine groups is 2. The molecule has 3 heterocycles.